The fraction of sp³-hybridized carbons (Fsp3) is 0.636. The predicted molar refractivity (Wildman–Crippen MR) is 67.1 cm³/mol. The molecular formula is C11H17N3O4S. The summed E-state index contributed by atoms with van der Waals surface area (Å²) in [5.74, 6) is -0.934. The van der Waals surface area contributed by atoms with Gasteiger partial charge in [-0.1, -0.05) is 12.8 Å². The van der Waals surface area contributed by atoms with Crippen LogP contribution in [0.5, 0.6) is 0 Å². The second-order valence-electron chi connectivity index (χ2n) is 4.98. The molecule has 1 aliphatic carbocycles. The van der Waals surface area contributed by atoms with Gasteiger partial charge in [-0.3, -0.25) is 9.89 Å². The number of aromatic amines is 1. The number of nitrogens with one attached hydrogen (secondary N) is 2. The first-order valence-electron chi connectivity index (χ1n) is 6.10. The van der Waals surface area contributed by atoms with Crippen molar-refractivity contribution in [1.29, 1.82) is 0 Å². The minimum absolute atomic E-state index is 0.0611. The first-order valence-corrected chi connectivity index (χ1v) is 7.59. The topological polar surface area (TPSA) is 112 Å². The average molecular weight is 287 g/mol. The highest BCUT2D eigenvalue weighted by molar-refractivity contribution is 7.89. The molecule has 0 saturated heterocycles. The molecule has 1 aromatic rings. The van der Waals surface area contributed by atoms with E-state index in [0.29, 0.717) is 18.5 Å². The van der Waals surface area contributed by atoms with Crippen LogP contribution in [0.4, 0.5) is 0 Å². The Morgan fingerprint density at radius 2 is 2.16 bits per heavy atom. The van der Waals surface area contributed by atoms with Crippen LogP contribution in [0.1, 0.15) is 31.4 Å². The van der Waals surface area contributed by atoms with Crippen LogP contribution in [0, 0.1) is 12.3 Å². The molecule has 8 heteroatoms. The van der Waals surface area contributed by atoms with Gasteiger partial charge in [-0.25, -0.2) is 13.1 Å². The summed E-state index contributed by atoms with van der Waals surface area (Å²) < 4.78 is 26.5. The number of hydrogen-bond donors (Lipinski definition) is 3. The highest BCUT2D eigenvalue weighted by Crippen LogP contribution is 2.38. The summed E-state index contributed by atoms with van der Waals surface area (Å²) in [5, 5.41) is 15.5. The monoisotopic (exact) mass is 287 g/mol. The summed E-state index contributed by atoms with van der Waals surface area (Å²) >= 11 is 0. The third kappa shape index (κ3) is 2.64. The van der Waals surface area contributed by atoms with Crippen LogP contribution < -0.4 is 4.72 Å². The smallest absolute Gasteiger partial charge is 0.310 e. The Bertz CT molecular complexity index is 573. The van der Waals surface area contributed by atoms with Crippen molar-refractivity contribution in [2.75, 3.05) is 6.54 Å². The van der Waals surface area contributed by atoms with Crippen molar-refractivity contribution in [3.8, 4) is 0 Å². The molecule has 1 aliphatic rings. The Hall–Kier alpha value is -1.41. The van der Waals surface area contributed by atoms with E-state index in [-0.39, 0.29) is 11.4 Å². The van der Waals surface area contributed by atoms with Crippen molar-refractivity contribution in [3.63, 3.8) is 0 Å². The van der Waals surface area contributed by atoms with Crippen molar-refractivity contribution >= 4 is 16.0 Å². The number of sulfonamides is 1. The Morgan fingerprint density at radius 3 is 2.63 bits per heavy atom. The molecule has 1 fully saturated rings. The highest BCUT2D eigenvalue weighted by atomic mass is 32.2. The molecule has 1 heterocycles. The molecule has 1 saturated carbocycles. The van der Waals surface area contributed by atoms with Gasteiger partial charge < -0.3 is 5.11 Å². The summed E-state index contributed by atoms with van der Waals surface area (Å²) in [6.45, 7) is 1.53. The number of aromatic nitrogens is 2. The van der Waals surface area contributed by atoms with Crippen molar-refractivity contribution in [2.45, 2.75) is 37.5 Å². The largest absolute Gasteiger partial charge is 0.481 e. The van der Waals surface area contributed by atoms with Crippen LogP contribution in [0.25, 0.3) is 0 Å². The summed E-state index contributed by atoms with van der Waals surface area (Å²) in [6.07, 6.45) is 3.88. The lowest BCUT2D eigenvalue weighted by molar-refractivity contribution is -0.148. The molecule has 0 aromatic carbocycles. The van der Waals surface area contributed by atoms with Crippen molar-refractivity contribution in [1.82, 2.24) is 14.9 Å². The molecule has 0 radical (unpaired) electrons. The number of hydrogen-bond acceptors (Lipinski definition) is 4. The summed E-state index contributed by atoms with van der Waals surface area (Å²) in [5.41, 5.74) is -0.534. The quantitative estimate of drug-likeness (QED) is 0.735. The number of carbonyl (C=O) groups is 1. The molecule has 0 unspecified atom stereocenters. The molecule has 19 heavy (non-hydrogen) atoms. The van der Waals surface area contributed by atoms with Gasteiger partial charge in [0.05, 0.1) is 17.3 Å². The summed E-state index contributed by atoms with van der Waals surface area (Å²) in [4.78, 5) is 11.4. The first kappa shape index (κ1) is 14.0. The molecule has 0 bridgehead atoms. The Labute approximate surface area is 111 Å². The van der Waals surface area contributed by atoms with Crippen LogP contribution in [0.2, 0.25) is 0 Å². The van der Waals surface area contributed by atoms with E-state index in [4.69, 9.17) is 0 Å². The maximum absolute atomic E-state index is 12.1. The molecule has 3 N–H and O–H groups in total. The molecule has 0 atom stereocenters. The second-order valence-corrected chi connectivity index (χ2v) is 6.71. The fourth-order valence-corrected chi connectivity index (χ4v) is 3.70. The molecule has 106 valence electrons. The number of nitrogens with zero attached hydrogens (tertiary/aromatic N) is 1. The van der Waals surface area contributed by atoms with Gasteiger partial charge in [0.15, 0.2) is 0 Å². The number of aryl methyl sites for hydroxylation is 1. The van der Waals surface area contributed by atoms with Gasteiger partial charge in [0.25, 0.3) is 0 Å². The molecule has 7 nitrogen and oxygen atoms in total. The number of carboxylic acid groups (broad SMARTS) is 1. The zero-order valence-electron chi connectivity index (χ0n) is 10.6. The number of H-pyrrole nitrogens is 1. The number of rotatable bonds is 5. The van der Waals surface area contributed by atoms with Crippen molar-refractivity contribution in [3.05, 3.63) is 11.9 Å². The van der Waals surface area contributed by atoms with E-state index < -0.39 is 21.4 Å². The zero-order chi connectivity index (χ0) is 14.1. The number of aliphatic carboxylic acids is 1. The average Bonchev–Trinajstić information content (AvgIpc) is 2.96. The lowest BCUT2D eigenvalue weighted by Gasteiger charge is -2.23. The van der Waals surface area contributed by atoms with Gasteiger partial charge in [-0.05, 0) is 19.8 Å². The molecule has 0 aliphatic heterocycles. The lowest BCUT2D eigenvalue weighted by Crippen LogP contribution is -2.41. The minimum atomic E-state index is -3.71. The third-order valence-corrected chi connectivity index (χ3v) is 5.20. The van der Waals surface area contributed by atoms with E-state index in [9.17, 15) is 18.3 Å². The molecular weight excluding hydrogens is 270 g/mol. The van der Waals surface area contributed by atoms with Gasteiger partial charge in [0.1, 0.15) is 4.90 Å². The number of carboxylic acids is 1. The molecule has 0 spiro atoms. The van der Waals surface area contributed by atoms with E-state index >= 15 is 0 Å². The van der Waals surface area contributed by atoms with E-state index in [1.165, 1.54) is 6.20 Å². The Kier molecular flexibility index (Phi) is 3.64. The molecule has 2 rings (SSSR count). The van der Waals surface area contributed by atoms with Gasteiger partial charge in [0, 0.05) is 6.54 Å². The van der Waals surface area contributed by atoms with Crippen LogP contribution in [0.15, 0.2) is 11.1 Å². The Morgan fingerprint density at radius 1 is 1.53 bits per heavy atom. The summed E-state index contributed by atoms with van der Waals surface area (Å²) in [6, 6.07) is 0. The van der Waals surface area contributed by atoms with Gasteiger partial charge >= 0.3 is 5.97 Å². The fourth-order valence-electron chi connectivity index (χ4n) is 2.44. The van der Waals surface area contributed by atoms with E-state index in [1.807, 2.05) is 0 Å². The maximum Gasteiger partial charge on any atom is 0.310 e. The zero-order valence-corrected chi connectivity index (χ0v) is 11.5. The van der Waals surface area contributed by atoms with E-state index in [0.717, 1.165) is 12.8 Å². The lowest BCUT2D eigenvalue weighted by atomic mass is 9.87. The van der Waals surface area contributed by atoms with E-state index in [1.54, 1.807) is 6.92 Å². The predicted octanol–water partition coefficient (Wildman–Crippen LogP) is 0.641. The van der Waals surface area contributed by atoms with Crippen LogP contribution in [-0.2, 0) is 14.8 Å². The first-order chi connectivity index (χ1) is 8.87. The van der Waals surface area contributed by atoms with Crippen LogP contribution in [-0.4, -0.2) is 36.2 Å². The van der Waals surface area contributed by atoms with Gasteiger partial charge in [0.2, 0.25) is 10.0 Å². The Balaban J connectivity index is 2.14. The normalized spacial score (nSPS) is 18.6. The SMILES string of the molecule is Cc1[nH]ncc1S(=O)(=O)NCC1(C(=O)O)CCCC1. The van der Waals surface area contributed by atoms with Gasteiger partial charge in [-0.15, -0.1) is 0 Å². The maximum atomic E-state index is 12.1. The van der Waals surface area contributed by atoms with E-state index in [2.05, 4.69) is 14.9 Å². The van der Waals surface area contributed by atoms with Gasteiger partial charge in [-0.2, -0.15) is 5.10 Å². The second kappa shape index (κ2) is 4.93. The molecule has 0 amide bonds. The minimum Gasteiger partial charge on any atom is -0.481 e. The van der Waals surface area contributed by atoms with Crippen molar-refractivity contribution in [2.24, 2.45) is 5.41 Å². The molecule has 1 aromatic heterocycles. The third-order valence-electron chi connectivity index (χ3n) is 3.69. The van der Waals surface area contributed by atoms with Crippen molar-refractivity contribution < 1.29 is 18.3 Å². The summed E-state index contributed by atoms with van der Waals surface area (Å²) in [7, 11) is -3.71. The highest BCUT2D eigenvalue weighted by Gasteiger charge is 2.42. The van der Waals surface area contributed by atoms with Crippen LogP contribution >= 0.6 is 0 Å². The standard InChI is InChI=1S/C11H17N3O4S/c1-8-9(6-12-14-8)19(17,18)13-7-11(10(15)16)4-2-3-5-11/h6,13H,2-5,7H2,1H3,(H,12,14)(H,15,16). The van der Waals surface area contributed by atoms with Crippen LogP contribution in [0.3, 0.4) is 0 Å².